The summed E-state index contributed by atoms with van der Waals surface area (Å²) in [6, 6.07) is 0. The number of carbonyl (C=O) groups excluding carboxylic acids is 1. The van der Waals surface area contributed by atoms with Crippen molar-refractivity contribution < 1.29 is 29.6 Å². The molecular formula is C17H34O6. The largest absolute Gasteiger partial charge is 0.481 e. The molecule has 0 amide bonds. The van der Waals surface area contributed by atoms with Crippen LogP contribution >= 0.6 is 0 Å². The highest BCUT2D eigenvalue weighted by molar-refractivity contribution is 5.69. The van der Waals surface area contributed by atoms with E-state index in [-0.39, 0.29) is 19.2 Å². The van der Waals surface area contributed by atoms with Gasteiger partial charge in [0.2, 0.25) is 0 Å². The van der Waals surface area contributed by atoms with Crippen LogP contribution in [0, 0.1) is 0 Å². The molecule has 0 saturated heterocycles. The molecule has 0 aromatic rings. The molecule has 6 nitrogen and oxygen atoms in total. The summed E-state index contributed by atoms with van der Waals surface area (Å²) in [6.07, 6.45) is 8.23. The van der Waals surface area contributed by atoms with Crippen molar-refractivity contribution in [3.8, 4) is 0 Å². The predicted molar refractivity (Wildman–Crippen MR) is 89.2 cm³/mol. The summed E-state index contributed by atoms with van der Waals surface area (Å²) >= 11 is 0. The standard InChI is InChI=1S/C9H18O4.C8H16O2/c1-2-3-4-5-9(12)13-7-8(11)6-10;1-2-3-4-5-6-7-8(9)10/h8,10-11H,2-7H2,1H3;2-7H2,1H3,(H,9,10). The number of unbranched alkanes of at least 4 members (excludes halogenated alkanes) is 6. The summed E-state index contributed by atoms with van der Waals surface area (Å²) in [4.78, 5) is 21.0. The Morgan fingerprint density at radius 2 is 1.43 bits per heavy atom. The van der Waals surface area contributed by atoms with E-state index in [0.29, 0.717) is 12.8 Å². The molecule has 0 heterocycles. The number of hydrogen-bond acceptors (Lipinski definition) is 5. The molecule has 6 heteroatoms. The first kappa shape index (κ1) is 24.1. The molecule has 3 N–H and O–H groups in total. The second-order valence-corrected chi connectivity index (χ2v) is 5.53. The van der Waals surface area contributed by atoms with E-state index < -0.39 is 12.1 Å². The van der Waals surface area contributed by atoms with Crippen LogP contribution in [0.25, 0.3) is 0 Å². The maximum absolute atomic E-state index is 10.9. The number of esters is 1. The van der Waals surface area contributed by atoms with Crippen LogP contribution < -0.4 is 0 Å². The second kappa shape index (κ2) is 18.9. The van der Waals surface area contributed by atoms with Crippen molar-refractivity contribution in [1.29, 1.82) is 0 Å². The first-order valence-corrected chi connectivity index (χ1v) is 8.64. The van der Waals surface area contributed by atoms with Gasteiger partial charge in [-0.1, -0.05) is 52.4 Å². The number of carbonyl (C=O) groups is 2. The van der Waals surface area contributed by atoms with Crippen LogP contribution in [0.3, 0.4) is 0 Å². The van der Waals surface area contributed by atoms with Gasteiger partial charge in [-0.2, -0.15) is 0 Å². The topological polar surface area (TPSA) is 104 Å². The number of hydrogen-bond donors (Lipinski definition) is 3. The molecule has 138 valence electrons. The minimum Gasteiger partial charge on any atom is -0.481 e. The summed E-state index contributed by atoms with van der Waals surface area (Å²) in [7, 11) is 0. The third kappa shape index (κ3) is 23.3. The monoisotopic (exact) mass is 334 g/mol. The molecule has 0 radical (unpaired) electrons. The minimum absolute atomic E-state index is 0.110. The number of carboxylic acids is 1. The van der Waals surface area contributed by atoms with Gasteiger partial charge in [0.1, 0.15) is 12.7 Å². The molecule has 0 fully saturated rings. The van der Waals surface area contributed by atoms with E-state index in [1.165, 1.54) is 19.3 Å². The number of carboxylic acid groups (broad SMARTS) is 1. The highest BCUT2D eigenvalue weighted by Gasteiger charge is 2.06. The van der Waals surface area contributed by atoms with E-state index in [0.717, 1.165) is 32.1 Å². The molecule has 1 unspecified atom stereocenters. The molecule has 0 saturated carbocycles. The van der Waals surface area contributed by atoms with E-state index in [1.54, 1.807) is 0 Å². The van der Waals surface area contributed by atoms with Crippen molar-refractivity contribution in [3.05, 3.63) is 0 Å². The molecule has 23 heavy (non-hydrogen) atoms. The molecule has 0 aliphatic rings. The summed E-state index contributed by atoms with van der Waals surface area (Å²) in [5.74, 6) is -0.975. The molecule has 0 aliphatic carbocycles. The zero-order valence-electron chi connectivity index (χ0n) is 14.6. The quantitative estimate of drug-likeness (QED) is 0.353. The molecule has 0 bridgehead atoms. The van der Waals surface area contributed by atoms with Crippen molar-refractivity contribution >= 4 is 11.9 Å². The van der Waals surface area contributed by atoms with Crippen LogP contribution in [0.2, 0.25) is 0 Å². The number of aliphatic hydroxyl groups excluding tert-OH is 2. The molecule has 0 spiro atoms. The van der Waals surface area contributed by atoms with E-state index >= 15 is 0 Å². The van der Waals surface area contributed by atoms with Crippen LogP contribution in [-0.4, -0.2) is 46.6 Å². The van der Waals surface area contributed by atoms with Crippen LogP contribution in [0.4, 0.5) is 0 Å². The fraction of sp³-hybridized carbons (Fsp3) is 0.882. The Hall–Kier alpha value is -1.14. The van der Waals surface area contributed by atoms with Gasteiger partial charge >= 0.3 is 11.9 Å². The van der Waals surface area contributed by atoms with Crippen LogP contribution in [-0.2, 0) is 14.3 Å². The third-order valence-corrected chi connectivity index (χ3v) is 3.13. The van der Waals surface area contributed by atoms with Gasteiger partial charge in [-0.25, -0.2) is 0 Å². The van der Waals surface area contributed by atoms with E-state index in [4.69, 9.17) is 20.1 Å². The number of rotatable bonds is 13. The smallest absolute Gasteiger partial charge is 0.305 e. The van der Waals surface area contributed by atoms with Crippen molar-refractivity contribution in [1.82, 2.24) is 0 Å². The van der Waals surface area contributed by atoms with Crippen LogP contribution in [0.15, 0.2) is 0 Å². The van der Waals surface area contributed by atoms with Gasteiger partial charge in [-0.05, 0) is 12.8 Å². The Bertz CT molecular complexity index is 280. The Morgan fingerprint density at radius 3 is 1.96 bits per heavy atom. The van der Waals surface area contributed by atoms with E-state index in [9.17, 15) is 9.59 Å². The zero-order valence-corrected chi connectivity index (χ0v) is 14.6. The van der Waals surface area contributed by atoms with Gasteiger partial charge in [0, 0.05) is 12.8 Å². The minimum atomic E-state index is -0.949. The maximum atomic E-state index is 10.9. The highest BCUT2D eigenvalue weighted by Crippen LogP contribution is 2.04. The summed E-state index contributed by atoms with van der Waals surface area (Å²) in [6.45, 7) is 3.72. The van der Waals surface area contributed by atoms with Crippen molar-refractivity contribution in [3.63, 3.8) is 0 Å². The van der Waals surface area contributed by atoms with Gasteiger partial charge in [0.05, 0.1) is 6.61 Å². The van der Waals surface area contributed by atoms with Crippen molar-refractivity contribution in [2.75, 3.05) is 13.2 Å². The van der Waals surface area contributed by atoms with Crippen molar-refractivity contribution in [2.24, 2.45) is 0 Å². The first-order valence-electron chi connectivity index (χ1n) is 8.64. The number of ether oxygens (including phenoxy) is 1. The molecule has 0 aromatic heterocycles. The SMILES string of the molecule is CCCCCC(=O)OCC(O)CO.CCCCCCCC(=O)O. The molecule has 1 atom stereocenters. The fourth-order valence-electron chi connectivity index (χ4n) is 1.71. The third-order valence-electron chi connectivity index (χ3n) is 3.13. The fourth-order valence-corrected chi connectivity index (χ4v) is 1.71. The zero-order chi connectivity index (χ0) is 17.9. The molecular weight excluding hydrogens is 300 g/mol. The van der Waals surface area contributed by atoms with Gasteiger partial charge in [0.15, 0.2) is 0 Å². The highest BCUT2D eigenvalue weighted by atomic mass is 16.5. The van der Waals surface area contributed by atoms with Gasteiger partial charge in [-0.15, -0.1) is 0 Å². The maximum Gasteiger partial charge on any atom is 0.305 e. The molecule has 0 aromatic carbocycles. The van der Waals surface area contributed by atoms with E-state index in [1.807, 2.05) is 0 Å². The van der Waals surface area contributed by atoms with Gasteiger partial charge < -0.3 is 20.1 Å². The van der Waals surface area contributed by atoms with Crippen LogP contribution in [0.5, 0.6) is 0 Å². The van der Waals surface area contributed by atoms with Crippen molar-refractivity contribution in [2.45, 2.75) is 84.2 Å². The van der Waals surface area contributed by atoms with Gasteiger partial charge in [-0.3, -0.25) is 9.59 Å². The number of aliphatic carboxylic acids is 1. The molecule has 0 aliphatic heterocycles. The Morgan fingerprint density at radius 1 is 0.913 bits per heavy atom. The lowest BCUT2D eigenvalue weighted by molar-refractivity contribution is -0.147. The lowest BCUT2D eigenvalue weighted by Gasteiger charge is -2.07. The van der Waals surface area contributed by atoms with Gasteiger partial charge in [0.25, 0.3) is 0 Å². The normalized spacial score (nSPS) is 11.3. The first-order chi connectivity index (χ1) is 11.0. The summed E-state index contributed by atoms with van der Waals surface area (Å²) in [5, 5.41) is 25.5. The van der Waals surface area contributed by atoms with E-state index in [2.05, 4.69) is 13.8 Å². The number of aliphatic hydroxyl groups is 2. The summed E-state index contributed by atoms with van der Waals surface area (Å²) < 4.78 is 4.69. The average Bonchev–Trinajstić information content (AvgIpc) is 2.53. The Kier molecular flexibility index (Phi) is 19.8. The predicted octanol–water partition coefficient (Wildman–Crippen LogP) is 2.89. The summed E-state index contributed by atoms with van der Waals surface area (Å²) in [5.41, 5.74) is 0. The molecule has 0 rings (SSSR count). The Balaban J connectivity index is 0. The lowest BCUT2D eigenvalue weighted by atomic mass is 10.1. The van der Waals surface area contributed by atoms with Crippen LogP contribution in [0.1, 0.15) is 78.1 Å². The Labute approximate surface area is 139 Å². The second-order valence-electron chi connectivity index (χ2n) is 5.53. The lowest BCUT2D eigenvalue weighted by Crippen LogP contribution is -2.21. The average molecular weight is 334 g/mol.